The maximum absolute atomic E-state index is 12.5. The van der Waals surface area contributed by atoms with Crippen LogP contribution in [0.15, 0.2) is 41.5 Å². The molecule has 0 N–H and O–H groups in total. The predicted molar refractivity (Wildman–Crippen MR) is 94.2 cm³/mol. The summed E-state index contributed by atoms with van der Waals surface area (Å²) in [6, 6.07) is 9.93. The summed E-state index contributed by atoms with van der Waals surface area (Å²) in [6.07, 6.45) is 1.80. The summed E-state index contributed by atoms with van der Waals surface area (Å²) >= 11 is 1.50. The second-order valence-corrected chi connectivity index (χ2v) is 6.70. The van der Waals surface area contributed by atoms with Gasteiger partial charge in [0.1, 0.15) is 0 Å². The molecule has 0 aliphatic carbocycles. The smallest absolute Gasteiger partial charge is 0.300 e. The Morgan fingerprint density at radius 2 is 2.12 bits per heavy atom. The van der Waals surface area contributed by atoms with Crippen LogP contribution in [-0.2, 0) is 11.3 Å². The zero-order valence-electron chi connectivity index (χ0n) is 14.0. The third-order valence-corrected chi connectivity index (χ3v) is 4.72. The van der Waals surface area contributed by atoms with E-state index >= 15 is 0 Å². The number of nitrogens with zero attached hydrogens (tertiary/aromatic N) is 4. The Morgan fingerprint density at radius 3 is 2.83 bits per heavy atom. The molecule has 1 amide bonds. The second-order valence-electron chi connectivity index (χ2n) is 5.69. The average Bonchev–Trinajstić information content (AvgIpc) is 3.18. The molecule has 0 aliphatic heterocycles. The van der Waals surface area contributed by atoms with Gasteiger partial charge in [-0.05, 0) is 32.0 Å². The molecule has 0 fully saturated rings. The van der Waals surface area contributed by atoms with Crippen LogP contribution >= 0.6 is 11.3 Å². The van der Waals surface area contributed by atoms with Crippen molar-refractivity contribution in [2.75, 3.05) is 13.7 Å². The average molecular weight is 344 g/mol. The molecule has 0 bridgehead atoms. The Kier molecular flexibility index (Phi) is 4.92. The van der Waals surface area contributed by atoms with Crippen molar-refractivity contribution in [1.82, 2.24) is 14.3 Å². The molecule has 126 valence electrons. The number of carbonyl (C=O) groups excluding carboxylic acids is 1. The van der Waals surface area contributed by atoms with Crippen molar-refractivity contribution in [3.8, 4) is 0 Å². The van der Waals surface area contributed by atoms with Gasteiger partial charge in [-0.2, -0.15) is 10.1 Å². The highest BCUT2D eigenvalue weighted by atomic mass is 32.1. The van der Waals surface area contributed by atoms with Gasteiger partial charge in [-0.15, -0.1) is 0 Å². The molecular weight excluding hydrogens is 324 g/mol. The van der Waals surface area contributed by atoms with Crippen LogP contribution in [0.2, 0.25) is 0 Å². The third-order valence-electron chi connectivity index (χ3n) is 3.66. The minimum absolute atomic E-state index is 0.211. The Hall–Kier alpha value is -2.25. The fourth-order valence-electron chi connectivity index (χ4n) is 2.39. The van der Waals surface area contributed by atoms with E-state index in [0.29, 0.717) is 23.6 Å². The number of amides is 1. The number of hydrogen-bond acceptors (Lipinski definition) is 4. The fourth-order valence-corrected chi connectivity index (χ4v) is 3.44. The van der Waals surface area contributed by atoms with Gasteiger partial charge < -0.3 is 9.30 Å². The normalized spacial score (nSPS) is 12.4. The van der Waals surface area contributed by atoms with E-state index in [9.17, 15) is 4.79 Å². The van der Waals surface area contributed by atoms with Gasteiger partial charge in [0.15, 0.2) is 10.5 Å². The van der Waals surface area contributed by atoms with Crippen molar-refractivity contribution in [2.24, 2.45) is 4.99 Å². The van der Waals surface area contributed by atoms with E-state index in [2.05, 4.69) is 10.1 Å². The van der Waals surface area contributed by atoms with Crippen LogP contribution in [0.4, 0.5) is 0 Å². The second kappa shape index (κ2) is 7.11. The number of thiazole rings is 1. The molecule has 0 atom stereocenters. The largest absolute Gasteiger partial charge is 0.383 e. The van der Waals surface area contributed by atoms with Crippen LogP contribution in [0.3, 0.4) is 0 Å². The van der Waals surface area contributed by atoms with Gasteiger partial charge in [0, 0.05) is 25.9 Å². The molecule has 2 heterocycles. The van der Waals surface area contributed by atoms with E-state index in [1.165, 1.54) is 11.3 Å². The van der Waals surface area contributed by atoms with Crippen molar-refractivity contribution in [3.05, 3.63) is 47.0 Å². The Balaban J connectivity index is 2.02. The molecule has 3 rings (SSSR count). The molecule has 6 nitrogen and oxygen atoms in total. The van der Waals surface area contributed by atoms with Crippen molar-refractivity contribution < 1.29 is 9.53 Å². The Morgan fingerprint density at radius 1 is 1.33 bits per heavy atom. The molecular formula is C17H20N4O2S. The minimum Gasteiger partial charge on any atom is -0.383 e. The van der Waals surface area contributed by atoms with Gasteiger partial charge in [-0.25, -0.2) is 0 Å². The first-order valence-electron chi connectivity index (χ1n) is 7.81. The standard InChI is InChI=1S/C17H20N4O2S/c1-12(2)21-9-8-13(19-21)16(22)18-17-20(10-11-23-3)14-6-4-5-7-15(14)24-17/h4-9,12H,10-11H2,1-3H3. The van der Waals surface area contributed by atoms with E-state index in [1.807, 2.05) is 42.7 Å². The predicted octanol–water partition coefficient (Wildman–Crippen LogP) is 2.87. The molecule has 0 saturated heterocycles. The lowest BCUT2D eigenvalue weighted by molar-refractivity contribution is 0.0991. The van der Waals surface area contributed by atoms with Crippen LogP contribution in [-0.4, -0.2) is 34.0 Å². The van der Waals surface area contributed by atoms with Crippen molar-refractivity contribution in [3.63, 3.8) is 0 Å². The molecule has 3 aromatic rings. The van der Waals surface area contributed by atoms with Gasteiger partial charge in [0.2, 0.25) is 0 Å². The van der Waals surface area contributed by atoms with Crippen LogP contribution in [0.5, 0.6) is 0 Å². The number of fused-ring (bicyclic) bond motifs is 1. The van der Waals surface area contributed by atoms with Crippen molar-refractivity contribution >= 4 is 27.5 Å². The third kappa shape index (κ3) is 3.32. The van der Waals surface area contributed by atoms with Crippen LogP contribution in [0.1, 0.15) is 30.4 Å². The maximum atomic E-state index is 12.5. The van der Waals surface area contributed by atoms with Gasteiger partial charge in [-0.3, -0.25) is 9.48 Å². The summed E-state index contributed by atoms with van der Waals surface area (Å²) in [5.74, 6) is -0.327. The monoisotopic (exact) mass is 344 g/mol. The summed E-state index contributed by atoms with van der Waals surface area (Å²) in [7, 11) is 1.66. The van der Waals surface area contributed by atoms with Crippen LogP contribution in [0, 0.1) is 0 Å². The lowest BCUT2D eigenvalue weighted by atomic mass is 10.3. The molecule has 1 aromatic carbocycles. The van der Waals surface area contributed by atoms with Crippen molar-refractivity contribution in [2.45, 2.75) is 26.4 Å². The number of hydrogen-bond donors (Lipinski definition) is 0. The van der Waals surface area contributed by atoms with Gasteiger partial charge >= 0.3 is 0 Å². The van der Waals surface area contributed by atoms with Crippen molar-refractivity contribution in [1.29, 1.82) is 0 Å². The molecule has 0 radical (unpaired) electrons. The maximum Gasteiger partial charge on any atom is 0.300 e. The summed E-state index contributed by atoms with van der Waals surface area (Å²) in [5.41, 5.74) is 1.42. The molecule has 0 saturated carbocycles. The molecule has 0 aliphatic rings. The zero-order chi connectivity index (χ0) is 17.1. The first kappa shape index (κ1) is 16.6. The van der Waals surface area contributed by atoms with Gasteiger partial charge in [0.05, 0.1) is 16.8 Å². The zero-order valence-corrected chi connectivity index (χ0v) is 14.8. The number of para-hydroxylation sites is 1. The first-order chi connectivity index (χ1) is 11.6. The minimum atomic E-state index is -0.327. The summed E-state index contributed by atoms with van der Waals surface area (Å²) in [6.45, 7) is 5.24. The highest BCUT2D eigenvalue weighted by Crippen LogP contribution is 2.16. The highest BCUT2D eigenvalue weighted by molar-refractivity contribution is 7.16. The van der Waals surface area contributed by atoms with Gasteiger partial charge in [0.25, 0.3) is 5.91 Å². The Labute approximate surface area is 144 Å². The molecule has 24 heavy (non-hydrogen) atoms. The number of ether oxygens (including phenoxy) is 1. The first-order valence-corrected chi connectivity index (χ1v) is 8.63. The van der Waals surface area contributed by atoms with E-state index in [-0.39, 0.29) is 11.9 Å². The number of rotatable bonds is 5. The quantitative estimate of drug-likeness (QED) is 0.715. The lowest BCUT2D eigenvalue weighted by Gasteiger charge is -2.04. The van der Waals surface area contributed by atoms with E-state index < -0.39 is 0 Å². The van der Waals surface area contributed by atoms with E-state index in [1.54, 1.807) is 24.1 Å². The van der Waals surface area contributed by atoms with Gasteiger partial charge in [-0.1, -0.05) is 23.5 Å². The summed E-state index contributed by atoms with van der Waals surface area (Å²) in [5, 5.41) is 4.30. The van der Waals surface area contributed by atoms with Crippen LogP contribution < -0.4 is 4.80 Å². The number of carbonyl (C=O) groups is 1. The summed E-state index contributed by atoms with van der Waals surface area (Å²) in [4.78, 5) is 17.4. The number of aromatic nitrogens is 3. The van der Waals surface area contributed by atoms with E-state index in [4.69, 9.17) is 4.74 Å². The molecule has 0 unspecified atom stereocenters. The van der Waals surface area contributed by atoms with E-state index in [0.717, 1.165) is 10.2 Å². The molecule has 0 spiro atoms. The lowest BCUT2D eigenvalue weighted by Crippen LogP contribution is -2.19. The fraction of sp³-hybridized carbons (Fsp3) is 0.353. The SMILES string of the molecule is COCCn1c(=NC(=O)c2ccn(C(C)C)n2)sc2ccccc21. The molecule has 2 aromatic heterocycles. The highest BCUT2D eigenvalue weighted by Gasteiger charge is 2.12. The Bertz CT molecular complexity index is 920. The summed E-state index contributed by atoms with van der Waals surface area (Å²) < 4.78 is 10.0. The molecule has 7 heteroatoms. The topological polar surface area (TPSA) is 61.4 Å². The number of methoxy groups -OCH3 is 1. The number of benzene rings is 1. The van der Waals surface area contributed by atoms with Crippen LogP contribution in [0.25, 0.3) is 10.2 Å².